The number of nitrogens with zero attached hydrogens (tertiary/aromatic N) is 2. The maximum Gasteiger partial charge on any atom is 0.137 e. The van der Waals surface area contributed by atoms with Crippen LogP contribution in [0.5, 0.6) is 5.75 Å². The molecule has 5 heteroatoms. The lowest BCUT2D eigenvalue weighted by Crippen LogP contribution is -1.88. The van der Waals surface area contributed by atoms with Crippen LogP contribution in [0.3, 0.4) is 0 Å². The van der Waals surface area contributed by atoms with Crippen LogP contribution in [-0.4, -0.2) is 12.1 Å². The smallest absolute Gasteiger partial charge is 0.137 e. The van der Waals surface area contributed by atoms with Crippen molar-refractivity contribution in [3.05, 3.63) is 57.4 Å². The van der Waals surface area contributed by atoms with E-state index in [0.29, 0.717) is 16.3 Å². The van der Waals surface area contributed by atoms with Gasteiger partial charge in [-0.15, -0.1) is 0 Å². The average molecular weight is 327 g/mol. The van der Waals surface area contributed by atoms with Crippen molar-refractivity contribution in [3.8, 4) is 11.8 Å². The number of allylic oxidation sites excluding steroid dienone is 1. The van der Waals surface area contributed by atoms with Crippen molar-refractivity contribution in [1.82, 2.24) is 4.98 Å². The molecule has 0 atom stereocenters. The third kappa shape index (κ3) is 2.82. The number of ether oxygens (including phenoxy) is 1. The Hall–Kier alpha value is -2.35. The summed E-state index contributed by atoms with van der Waals surface area (Å²) < 4.78 is 5.23. The van der Waals surface area contributed by atoms with Gasteiger partial charge in [0.15, 0.2) is 0 Å². The summed E-state index contributed by atoms with van der Waals surface area (Å²) in [5, 5.41) is 14.5. The van der Waals surface area contributed by atoms with E-state index in [1.54, 1.807) is 24.5 Å². The van der Waals surface area contributed by atoms with Crippen LogP contribution in [-0.2, 0) is 0 Å². The highest BCUT2D eigenvalue weighted by atomic mass is 35.5. The van der Waals surface area contributed by atoms with Crippen LogP contribution in [0.25, 0.3) is 22.6 Å². The van der Waals surface area contributed by atoms with Crippen LogP contribution in [0.15, 0.2) is 41.1 Å². The number of methoxy groups -OCH3 is 1. The number of halogens is 1. The fraction of sp³-hybridized carbons (Fsp3) is 0.0588. The molecule has 0 saturated carbocycles. The van der Waals surface area contributed by atoms with Crippen molar-refractivity contribution >= 4 is 45.5 Å². The molecule has 22 heavy (non-hydrogen) atoms. The van der Waals surface area contributed by atoms with Gasteiger partial charge in [0.05, 0.1) is 24.3 Å². The molecular weight excluding hydrogens is 316 g/mol. The van der Waals surface area contributed by atoms with E-state index in [1.807, 2.05) is 41.1 Å². The monoisotopic (exact) mass is 326 g/mol. The van der Waals surface area contributed by atoms with Crippen LogP contribution < -0.4 is 4.74 Å². The Morgan fingerprint density at radius 3 is 2.91 bits per heavy atom. The number of benzene rings is 1. The lowest BCUT2D eigenvalue weighted by molar-refractivity contribution is 0.415. The van der Waals surface area contributed by atoms with E-state index in [1.165, 1.54) is 0 Å². The predicted molar refractivity (Wildman–Crippen MR) is 91.1 cm³/mol. The quantitative estimate of drug-likeness (QED) is 0.501. The van der Waals surface area contributed by atoms with Crippen LogP contribution in [0, 0.1) is 11.3 Å². The minimum atomic E-state index is 0.376. The highest BCUT2D eigenvalue weighted by molar-refractivity contribution is 7.08. The summed E-state index contributed by atoms with van der Waals surface area (Å²) >= 11 is 7.79. The van der Waals surface area contributed by atoms with Gasteiger partial charge in [-0.25, -0.2) is 4.98 Å². The molecule has 0 N–H and O–H groups in total. The summed E-state index contributed by atoms with van der Waals surface area (Å²) in [5.41, 5.74) is 2.95. The Labute approximate surface area is 137 Å². The summed E-state index contributed by atoms with van der Waals surface area (Å²) in [6.07, 6.45) is 1.76. The molecule has 108 valence electrons. The zero-order chi connectivity index (χ0) is 15.5. The largest absolute Gasteiger partial charge is 0.497 e. The van der Waals surface area contributed by atoms with Crippen molar-refractivity contribution in [2.24, 2.45) is 0 Å². The van der Waals surface area contributed by atoms with Gasteiger partial charge in [-0.1, -0.05) is 11.6 Å². The molecule has 2 heterocycles. The molecule has 3 aromatic rings. The molecular formula is C17H11ClN2OS. The zero-order valence-electron chi connectivity index (χ0n) is 11.7. The van der Waals surface area contributed by atoms with E-state index in [-0.39, 0.29) is 0 Å². The topological polar surface area (TPSA) is 45.9 Å². The lowest BCUT2D eigenvalue weighted by atomic mass is 10.1. The Morgan fingerprint density at radius 1 is 1.36 bits per heavy atom. The molecule has 0 fully saturated rings. The van der Waals surface area contributed by atoms with Crippen molar-refractivity contribution < 1.29 is 4.74 Å². The van der Waals surface area contributed by atoms with Gasteiger partial charge < -0.3 is 4.74 Å². The second-order valence-corrected chi connectivity index (χ2v) is 5.75. The standard InChI is InChI=1S/C17H11ClN2OS/c1-21-15-2-3-16-12(8-15)6-13(17(18)20-16)7-14(9-19)11-4-5-22-10-11/h2-8,10H,1H3. The molecule has 0 spiro atoms. The number of nitriles is 1. The van der Waals surface area contributed by atoms with Gasteiger partial charge >= 0.3 is 0 Å². The van der Waals surface area contributed by atoms with Gasteiger partial charge in [0.25, 0.3) is 0 Å². The van der Waals surface area contributed by atoms with Crippen molar-refractivity contribution in [2.75, 3.05) is 7.11 Å². The van der Waals surface area contributed by atoms with Gasteiger partial charge in [-0.3, -0.25) is 0 Å². The Kier molecular flexibility index (Phi) is 4.10. The van der Waals surface area contributed by atoms with Gasteiger partial charge in [-0.05, 0) is 47.2 Å². The van der Waals surface area contributed by atoms with Gasteiger partial charge in [0, 0.05) is 16.5 Å². The SMILES string of the molecule is COc1ccc2nc(Cl)c(C=C(C#N)c3ccsc3)cc2c1. The summed E-state index contributed by atoms with van der Waals surface area (Å²) in [4.78, 5) is 4.38. The normalized spacial score (nSPS) is 11.4. The summed E-state index contributed by atoms with van der Waals surface area (Å²) in [6.45, 7) is 0. The van der Waals surface area contributed by atoms with Crippen molar-refractivity contribution in [3.63, 3.8) is 0 Å². The van der Waals surface area contributed by atoms with E-state index < -0.39 is 0 Å². The Morgan fingerprint density at radius 2 is 2.23 bits per heavy atom. The number of aromatic nitrogens is 1. The van der Waals surface area contributed by atoms with E-state index in [2.05, 4.69) is 11.1 Å². The predicted octanol–water partition coefficient (Wildman–Crippen LogP) is 5.02. The molecule has 0 aliphatic rings. The van der Waals surface area contributed by atoms with Gasteiger partial charge in [0.1, 0.15) is 10.9 Å². The third-order valence-electron chi connectivity index (χ3n) is 3.25. The van der Waals surface area contributed by atoms with Crippen LogP contribution in [0.4, 0.5) is 0 Å². The molecule has 0 amide bonds. The molecule has 3 nitrogen and oxygen atoms in total. The number of thiophene rings is 1. The lowest BCUT2D eigenvalue weighted by Gasteiger charge is -2.05. The minimum absolute atomic E-state index is 0.376. The highest BCUT2D eigenvalue weighted by Crippen LogP contribution is 2.28. The van der Waals surface area contributed by atoms with Crippen LogP contribution >= 0.6 is 22.9 Å². The number of pyridine rings is 1. The number of hydrogen-bond acceptors (Lipinski definition) is 4. The average Bonchev–Trinajstić information content (AvgIpc) is 3.06. The summed E-state index contributed by atoms with van der Waals surface area (Å²) in [7, 11) is 1.62. The van der Waals surface area contributed by atoms with Crippen LogP contribution in [0.1, 0.15) is 11.1 Å². The maximum atomic E-state index is 9.35. The maximum absolute atomic E-state index is 9.35. The first-order valence-corrected chi connectivity index (χ1v) is 7.82. The molecule has 2 aromatic heterocycles. The molecule has 0 aliphatic heterocycles. The first-order chi connectivity index (χ1) is 10.7. The number of hydrogen-bond donors (Lipinski definition) is 0. The summed E-state index contributed by atoms with van der Waals surface area (Å²) in [6, 6.07) is 11.6. The Balaban J connectivity index is 2.14. The Bertz CT molecular complexity index is 895. The fourth-order valence-corrected chi connectivity index (χ4v) is 2.99. The minimum Gasteiger partial charge on any atom is -0.497 e. The van der Waals surface area contributed by atoms with E-state index in [9.17, 15) is 5.26 Å². The fourth-order valence-electron chi connectivity index (χ4n) is 2.13. The molecule has 3 rings (SSSR count). The molecule has 0 radical (unpaired) electrons. The van der Waals surface area contributed by atoms with Gasteiger partial charge in [-0.2, -0.15) is 16.6 Å². The summed E-state index contributed by atoms with van der Waals surface area (Å²) in [5.74, 6) is 0.755. The third-order valence-corrected chi connectivity index (χ3v) is 4.24. The molecule has 0 saturated heterocycles. The zero-order valence-corrected chi connectivity index (χ0v) is 13.3. The highest BCUT2D eigenvalue weighted by Gasteiger charge is 2.07. The number of rotatable bonds is 3. The first-order valence-electron chi connectivity index (χ1n) is 6.50. The number of fused-ring (bicyclic) bond motifs is 1. The van der Waals surface area contributed by atoms with E-state index >= 15 is 0 Å². The van der Waals surface area contributed by atoms with Crippen molar-refractivity contribution in [2.45, 2.75) is 0 Å². The second-order valence-electron chi connectivity index (χ2n) is 4.61. The second kappa shape index (κ2) is 6.18. The molecule has 0 unspecified atom stereocenters. The first kappa shape index (κ1) is 14.6. The molecule has 1 aromatic carbocycles. The van der Waals surface area contributed by atoms with E-state index in [0.717, 1.165) is 22.2 Å². The molecule has 0 bridgehead atoms. The van der Waals surface area contributed by atoms with Gasteiger partial charge in [0.2, 0.25) is 0 Å². The van der Waals surface area contributed by atoms with Crippen LogP contribution in [0.2, 0.25) is 5.15 Å². The van der Waals surface area contributed by atoms with E-state index in [4.69, 9.17) is 16.3 Å². The van der Waals surface area contributed by atoms with Crippen molar-refractivity contribution in [1.29, 1.82) is 5.26 Å². The molecule has 0 aliphatic carbocycles.